The van der Waals surface area contributed by atoms with Crippen molar-refractivity contribution in [3.05, 3.63) is 34.9 Å². The van der Waals surface area contributed by atoms with E-state index in [1.165, 1.54) is 0 Å². The molecule has 0 aromatic heterocycles. The molecular formula is C16H25Cl2N3O2S. The maximum absolute atomic E-state index is 13.2. The molecule has 1 aromatic rings. The van der Waals surface area contributed by atoms with Gasteiger partial charge in [0.25, 0.3) is 10.2 Å². The van der Waals surface area contributed by atoms with Crippen molar-refractivity contribution in [3.63, 3.8) is 0 Å². The van der Waals surface area contributed by atoms with Crippen molar-refractivity contribution in [2.24, 2.45) is 0 Å². The number of nitrogens with one attached hydrogen (secondary N) is 1. The topological polar surface area (TPSA) is 52.7 Å². The zero-order chi connectivity index (χ0) is 16.3. The van der Waals surface area contributed by atoms with Crippen LogP contribution in [0.3, 0.4) is 0 Å². The zero-order valence-electron chi connectivity index (χ0n) is 13.7. The van der Waals surface area contributed by atoms with E-state index in [1.807, 2.05) is 24.3 Å². The van der Waals surface area contributed by atoms with Crippen LogP contribution < -0.4 is 5.32 Å². The number of hydrogen-bond acceptors (Lipinski definition) is 3. The van der Waals surface area contributed by atoms with E-state index in [9.17, 15) is 8.42 Å². The predicted molar refractivity (Wildman–Crippen MR) is 100.0 cm³/mol. The summed E-state index contributed by atoms with van der Waals surface area (Å²) in [7, 11) is -3.44. The maximum Gasteiger partial charge on any atom is 0.282 e. The highest BCUT2D eigenvalue weighted by atomic mass is 35.5. The summed E-state index contributed by atoms with van der Waals surface area (Å²) in [5.74, 6) is 0. The molecule has 3 rings (SSSR count). The molecule has 24 heavy (non-hydrogen) atoms. The molecule has 2 aliphatic rings. The van der Waals surface area contributed by atoms with Gasteiger partial charge in [-0.25, -0.2) is 0 Å². The minimum Gasteiger partial charge on any atom is -0.313 e. The van der Waals surface area contributed by atoms with E-state index in [-0.39, 0.29) is 18.4 Å². The van der Waals surface area contributed by atoms with E-state index in [0.29, 0.717) is 37.7 Å². The fourth-order valence-corrected chi connectivity index (χ4v) is 5.44. The van der Waals surface area contributed by atoms with Gasteiger partial charge in [0.1, 0.15) is 0 Å². The molecule has 2 fully saturated rings. The first kappa shape index (κ1) is 19.9. The zero-order valence-corrected chi connectivity index (χ0v) is 16.0. The molecule has 2 heterocycles. The van der Waals surface area contributed by atoms with E-state index < -0.39 is 10.2 Å². The normalized spacial score (nSPS) is 24.1. The second-order valence-corrected chi connectivity index (χ2v) is 8.52. The van der Waals surface area contributed by atoms with Crippen molar-refractivity contribution >= 4 is 34.2 Å². The Morgan fingerprint density at radius 1 is 1.08 bits per heavy atom. The SMILES string of the molecule is Cl.O=S(=O)(N1CCCCCC1)N1CCNCC1c1cccc(Cl)c1. The first-order chi connectivity index (χ1) is 11.1. The third-order valence-corrected chi connectivity index (χ3v) is 6.90. The van der Waals surface area contributed by atoms with Gasteiger partial charge in [0.15, 0.2) is 0 Å². The molecule has 0 bridgehead atoms. The van der Waals surface area contributed by atoms with Crippen LogP contribution in [0.1, 0.15) is 37.3 Å². The van der Waals surface area contributed by atoms with Crippen molar-refractivity contribution in [1.29, 1.82) is 0 Å². The Balaban J connectivity index is 0.00000208. The molecule has 2 saturated heterocycles. The van der Waals surface area contributed by atoms with E-state index in [0.717, 1.165) is 31.2 Å². The van der Waals surface area contributed by atoms with E-state index in [1.54, 1.807) is 8.61 Å². The second kappa shape index (κ2) is 8.83. The average molecular weight is 394 g/mol. The highest BCUT2D eigenvalue weighted by molar-refractivity contribution is 7.86. The molecule has 0 amide bonds. The van der Waals surface area contributed by atoms with Gasteiger partial charge < -0.3 is 5.32 Å². The Morgan fingerprint density at radius 3 is 2.46 bits per heavy atom. The Morgan fingerprint density at radius 2 is 1.79 bits per heavy atom. The first-order valence-corrected chi connectivity index (χ1v) is 10.1. The maximum atomic E-state index is 13.2. The fourth-order valence-electron chi connectivity index (χ4n) is 3.38. The standard InChI is InChI=1S/C16H24ClN3O2S.ClH/c17-15-7-5-6-14(12-15)16-13-18-8-11-20(16)23(21,22)19-9-3-1-2-4-10-19;/h5-7,12,16,18H,1-4,8-11,13H2;1H. The Bertz CT molecular complexity index is 634. The molecule has 5 nitrogen and oxygen atoms in total. The van der Waals surface area contributed by atoms with Crippen LogP contribution in [0.15, 0.2) is 24.3 Å². The average Bonchev–Trinajstić information content (AvgIpc) is 2.85. The summed E-state index contributed by atoms with van der Waals surface area (Å²) in [6.45, 7) is 3.07. The second-order valence-electron chi connectivity index (χ2n) is 6.21. The lowest BCUT2D eigenvalue weighted by molar-refractivity contribution is 0.247. The molecular weight excluding hydrogens is 369 g/mol. The third-order valence-electron chi connectivity index (χ3n) is 4.62. The summed E-state index contributed by atoms with van der Waals surface area (Å²) in [6.07, 6.45) is 4.14. The van der Waals surface area contributed by atoms with Gasteiger partial charge in [-0.3, -0.25) is 0 Å². The molecule has 0 aliphatic carbocycles. The lowest BCUT2D eigenvalue weighted by Gasteiger charge is -2.38. The lowest BCUT2D eigenvalue weighted by atomic mass is 10.1. The molecule has 136 valence electrons. The van der Waals surface area contributed by atoms with Crippen LogP contribution in [-0.4, -0.2) is 49.8 Å². The quantitative estimate of drug-likeness (QED) is 0.858. The molecule has 1 N–H and O–H groups in total. The molecule has 1 atom stereocenters. The summed E-state index contributed by atoms with van der Waals surface area (Å²) in [5, 5.41) is 3.94. The highest BCUT2D eigenvalue weighted by Gasteiger charge is 2.37. The van der Waals surface area contributed by atoms with Gasteiger partial charge in [0, 0.05) is 37.7 Å². The van der Waals surface area contributed by atoms with Crippen LogP contribution in [0.5, 0.6) is 0 Å². The Kier molecular flexibility index (Phi) is 7.34. The molecule has 0 saturated carbocycles. The number of halogens is 2. The monoisotopic (exact) mass is 393 g/mol. The van der Waals surface area contributed by atoms with Crippen molar-refractivity contribution in [2.45, 2.75) is 31.7 Å². The Labute approximate surface area is 155 Å². The van der Waals surface area contributed by atoms with E-state index >= 15 is 0 Å². The predicted octanol–water partition coefficient (Wildman–Crippen LogP) is 2.83. The van der Waals surface area contributed by atoms with Gasteiger partial charge in [-0.2, -0.15) is 17.0 Å². The van der Waals surface area contributed by atoms with Crippen LogP contribution in [-0.2, 0) is 10.2 Å². The van der Waals surface area contributed by atoms with Crippen LogP contribution in [0, 0.1) is 0 Å². The minimum atomic E-state index is -3.44. The van der Waals surface area contributed by atoms with Gasteiger partial charge in [-0.05, 0) is 30.5 Å². The molecule has 1 aromatic carbocycles. The summed E-state index contributed by atoms with van der Waals surface area (Å²) in [5.41, 5.74) is 0.947. The molecule has 8 heteroatoms. The van der Waals surface area contributed by atoms with Crippen molar-refractivity contribution in [2.75, 3.05) is 32.7 Å². The number of piperazine rings is 1. The molecule has 0 radical (unpaired) electrons. The largest absolute Gasteiger partial charge is 0.313 e. The molecule has 0 spiro atoms. The van der Waals surface area contributed by atoms with Crippen LogP contribution in [0.4, 0.5) is 0 Å². The molecule has 2 aliphatic heterocycles. The summed E-state index contributed by atoms with van der Waals surface area (Å²) in [6, 6.07) is 7.31. The van der Waals surface area contributed by atoms with Gasteiger partial charge in [0.05, 0.1) is 6.04 Å². The van der Waals surface area contributed by atoms with Crippen LogP contribution >= 0.6 is 24.0 Å². The fraction of sp³-hybridized carbons (Fsp3) is 0.625. The lowest BCUT2D eigenvalue weighted by Crippen LogP contribution is -2.53. The van der Waals surface area contributed by atoms with Gasteiger partial charge >= 0.3 is 0 Å². The third kappa shape index (κ3) is 4.42. The summed E-state index contributed by atoms with van der Waals surface area (Å²) in [4.78, 5) is 0. The smallest absolute Gasteiger partial charge is 0.282 e. The van der Waals surface area contributed by atoms with Crippen molar-refractivity contribution < 1.29 is 8.42 Å². The van der Waals surface area contributed by atoms with Crippen molar-refractivity contribution in [1.82, 2.24) is 13.9 Å². The van der Waals surface area contributed by atoms with E-state index in [4.69, 9.17) is 11.6 Å². The number of rotatable bonds is 3. The van der Waals surface area contributed by atoms with Crippen LogP contribution in [0.25, 0.3) is 0 Å². The number of nitrogens with zero attached hydrogens (tertiary/aromatic N) is 2. The first-order valence-electron chi connectivity index (χ1n) is 8.32. The summed E-state index contributed by atoms with van der Waals surface area (Å²) >= 11 is 6.10. The van der Waals surface area contributed by atoms with Crippen LogP contribution in [0.2, 0.25) is 5.02 Å². The highest BCUT2D eigenvalue weighted by Crippen LogP contribution is 2.29. The molecule has 1 unspecified atom stereocenters. The van der Waals surface area contributed by atoms with Gasteiger partial charge in [-0.1, -0.05) is 36.6 Å². The van der Waals surface area contributed by atoms with E-state index in [2.05, 4.69) is 5.32 Å². The minimum absolute atomic E-state index is 0. The van der Waals surface area contributed by atoms with Gasteiger partial charge in [0.2, 0.25) is 0 Å². The Hall–Kier alpha value is -0.370. The summed E-state index contributed by atoms with van der Waals surface area (Å²) < 4.78 is 29.6. The van der Waals surface area contributed by atoms with Crippen molar-refractivity contribution in [3.8, 4) is 0 Å². The number of hydrogen-bond donors (Lipinski definition) is 1. The number of benzene rings is 1. The van der Waals surface area contributed by atoms with Gasteiger partial charge in [-0.15, -0.1) is 12.4 Å².